The van der Waals surface area contributed by atoms with Crippen molar-refractivity contribution in [3.63, 3.8) is 0 Å². The van der Waals surface area contributed by atoms with Crippen molar-refractivity contribution < 1.29 is 4.79 Å². The summed E-state index contributed by atoms with van der Waals surface area (Å²) >= 11 is 0. The van der Waals surface area contributed by atoms with Gasteiger partial charge in [0.15, 0.2) is 0 Å². The van der Waals surface area contributed by atoms with E-state index in [0.717, 1.165) is 13.1 Å². The van der Waals surface area contributed by atoms with Gasteiger partial charge in [-0.15, -0.1) is 0 Å². The molecule has 0 spiro atoms. The number of carbonyl (C=O) groups is 1. The van der Waals surface area contributed by atoms with Gasteiger partial charge in [0.25, 0.3) is 0 Å². The van der Waals surface area contributed by atoms with Crippen LogP contribution in [0.3, 0.4) is 0 Å². The van der Waals surface area contributed by atoms with Gasteiger partial charge in [-0.2, -0.15) is 0 Å². The second kappa shape index (κ2) is 6.21. The minimum absolute atomic E-state index is 0.0109. The van der Waals surface area contributed by atoms with Gasteiger partial charge in [-0.1, -0.05) is 13.8 Å². The molecular weight excluding hydrogens is 202 g/mol. The quantitative estimate of drug-likeness (QED) is 0.732. The van der Waals surface area contributed by atoms with E-state index in [-0.39, 0.29) is 17.9 Å². The van der Waals surface area contributed by atoms with Gasteiger partial charge in [0.05, 0.1) is 6.04 Å². The van der Waals surface area contributed by atoms with E-state index in [1.807, 2.05) is 13.8 Å². The SMILES string of the molecule is CC(C)[C@H](N)C(=O)NCC1CCCN(C)C1. The number of piperidine rings is 1. The van der Waals surface area contributed by atoms with Gasteiger partial charge in [0.2, 0.25) is 5.91 Å². The number of hydrogen-bond donors (Lipinski definition) is 2. The molecule has 4 heteroatoms. The van der Waals surface area contributed by atoms with Crippen LogP contribution in [-0.4, -0.2) is 43.5 Å². The Morgan fingerprint density at radius 1 is 1.56 bits per heavy atom. The Hall–Kier alpha value is -0.610. The Morgan fingerprint density at radius 2 is 2.25 bits per heavy atom. The molecular formula is C12H25N3O. The third-order valence-corrected chi connectivity index (χ3v) is 3.31. The monoisotopic (exact) mass is 227 g/mol. The van der Waals surface area contributed by atoms with Crippen LogP contribution in [0.5, 0.6) is 0 Å². The fourth-order valence-corrected chi connectivity index (χ4v) is 2.11. The van der Waals surface area contributed by atoms with Gasteiger partial charge in [-0.05, 0) is 38.3 Å². The third kappa shape index (κ3) is 4.10. The zero-order valence-electron chi connectivity index (χ0n) is 10.7. The fraction of sp³-hybridized carbons (Fsp3) is 0.917. The maximum atomic E-state index is 11.7. The Bertz CT molecular complexity index is 230. The van der Waals surface area contributed by atoms with E-state index >= 15 is 0 Å². The molecule has 0 saturated carbocycles. The lowest BCUT2D eigenvalue weighted by molar-refractivity contribution is -0.123. The molecule has 0 aliphatic carbocycles. The lowest BCUT2D eigenvalue weighted by Gasteiger charge is -2.30. The first-order chi connectivity index (χ1) is 7.50. The number of amides is 1. The van der Waals surface area contributed by atoms with Crippen LogP contribution in [0.2, 0.25) is 0 Å². The molecule has 0 bridgehead atoms. The van der Waals surface area contributed by atoms with Crippen molar-refractivity contribution in [1.29, 1.82) is 0 Å². The predicted molar refractivity (Wildman–Crippen MR) is 66.0 cm³/mol. The molecule has 1 fully saturated rings. The van der Waals surface area contributed by atoms with Gasteiger partial charge in [0, 0.05) is 13.1 Å². The van der Waals surface area contributed by atoms with Crippen molar-refractivity contribution in [1.82, 2.24) is 10.2 Å². The molecule has 0 radical (unpaired) electrons. The molecule has 16 heavy (non-hydrogen) atoms. The second-order valence-corrected chi connectivity index (χ2v) is 5.29. The smallest absolute Gasteiger partial charge is 0.237 e. The van der Waals surface area contributed by atoms with Crippen molar-refractivity contribution in [2.24, 2.45) is 17.6 Å². The second-order valence-electron chi connectivity index (χ2n) is 5.29. The summed E-state index contributed by atoms with van der Waals surface area (Å²) in [5.41, 5.74) is 5.78. The van der Waals surface area contributed by atoms with Crippen molar-refractivity contribution in [3.05, 3.63) is 0 Å². The number of hydrogen-bond acceptors (Lipinski definition) is 3. The average Bonchev–Trinajstić information content (AvgIpc) is 2.24. The van der Waals surface area contributed by atoms with Crippen LogP contribution < -0.4 is 11.1 Å². The lowest BCUT2D eigenvalue weighted by atomic mass is 9.98. The predicted octanol–water partition coefficient (Wildman–Crippen LogP) is 0.428. The summed E-state index contributed by atoms with van der Waals surface area (Å²) in [4.78, 5) is 14.0. The van der Waals surface area contributed by atoms with E-state index in [0.29, 0.717) is 5.92 Å². The molecule has 1 saturated heterocycles. The Balaban J connectivity index is 2.25. The summed E-state index contributed by atoms with van der Waals surface area (Å²) in [5.74, 6) is 0.777. The minimum Gasteiger partial charge on any atom is -0.354 e. The number of nitrogens with one attached hydrogen (secondary N) is 1. The highest BCUT2D eigenvalue weighted by molar-refractivity contribution is 5.81. The van der Waals surface area contributed by atoms with E-state index in [4.69, 9.17) is 5.73 Å². The number of likely N-dealkylation sites (tertiary alicyclic amines) is 1. The van der Waals surface area contributed by atoms with Crippen LogP contribution in [-0.2, 0) is 4.79 Å². The molecule has 94 valence electrons. The average molecular weight is 227 g/mol. The van der Waals surface area contributed by atoms with Gasteiger partial charge >= 0.3 is 0 Å². The summed E-state index contributed by atoms with van der Waals surface area (Å²) in [6, 6.07) is -0.374. The standard InChI is InChI=1S/C12H25N3O/c1-9(2)11(13)12(16)14-7-10-5-4-6-15(3)8-10/h9-11H,4-8,13H2,1-3H3,(H,14,16)/t10?,11-/m0/s1. The third-order valence-electron chi connectivity index (χ3n) is 3.31. The van der Waals surface area contributed by atoms with Gasteiger partial charge in [0.1, 0.15) is 0 Å². The molecule has 1 rings (SSSR count). The normalized spacial score (nSPS) is 24.4. The molecule has 2 atom stereocenters. The topological polar surface area (TPSA) is 58.4 Å². The number of nitrogens with two attached hydrogens (primary N) is 1. The number of nitrogens with zero attached hydrogens (tertiary/aromatic N) is 1. The molecule has 1 heterocycles. The first-order valence-corrected chi connectivity index (χ1v) is 6.22. The van der Waals surface area contributed by atoms with E-state index in [9.17, 15) is 4.79 Å². The van der Waals surface area contributed by atoms with Crippen LogP contribution in [0.15, 0.2) is 0 Å². The van der Waals surface area contributed by atoms with Crippen LogP contribution in [0.4, 0.5) is 0 Å². The molecule has 1 aliphatic heterocycles. The fourth-order valence-electron chi connectivity index (χ4n) is 2.11. The Labute approximate surface area is 98.6 Å². The van der Waals surface area contributed by atoms with Crippen LogP contribution in [0.25, 0.3) is 0 Å². The summed E-state index contributed by atoms with van der Waals surface area (Å²) < 4.78 is 0. The molecule has 0 aromatic rings. The molecule has 1 unspecified atom stereocenters. The first-order valence-electron chi connectivity index (χ1n) is 6.22. The lowest BCUT2D eigenvalue weighted by Crippen LogP contribution is -2.47. The zero-order chi connectivity index (χ0) is 12.1. The highest BCUT2D eigenvalue weighted by atomic mass is 16.2. The summed E-state index contributed by atoms with van der Waals surface area (Å²) in [7, 11) is 2.13. The van der Waals surface area contributed by atoms with Crippen LogP contribution in [0.1, 0.15) is 26.7 Å². The maximum absolute atomic E-state index is 11.7. The maximum Gasteiger partial charge on any atom is 0.237 e. The largest absolute Gasteiger partial charge is 0.354 e. The summed E-state index contributed by atoms with van der Waals surface area (Å²) in [6.07, 6.45) is 2.44. The van der Waals surface area contributed by atoms with Crippen molar-refractivity contribution in [3.8, 4) is 0 Å². The molecule has 0 aromatic heterocycles. The molecule has 1 amide bonds. The van der Waals surface area contributed by atoms with Gasteiger partial charge < -0.3 is 16.0 Å². The highest BCUT2D eigenvalue weighted by Gasteiger charge is 2.20. The highest BCUT2D eigenvalue weighted by Crippen LogP contribution is 2.13. The summed E-state index contributed by atoms with van der Waals surface area (Å²) in [6.45, 7) is 6.97. The molecule has 3 N–H and O–H groups in total. The number of carbonyl (C=O) groups excluding carboxylic acids is 1. The Kier molecular flexibility index (Phi) is 5.22. The Morgan fingerprint density at radius 3 is 2.81 bits per heavy atom. The molecule has 0 aromatic carbocycles. The van der Waals surface area contributed by atoms with E-state index in [1.165, 1.54) is 19.4 Å². The minimum atomic E-state index is -0.374. The van der Waals surface area contributed by atoms with Crippen LogP contribution >= 0.6 is 0 Å². The van der Waals surface area contributed by atoms with Crippen LogP contribution in [0, 0.1) is 11.8 Å². The van der Waals surface area contributed by atoms with Crippen molar-refractivity contribution in [2.45, 2.75) is 32.7 Å². The number of rotatable bonds is 4. The van der Waals surface area contributed by atoms with E-state index < -0.39 is 0 Å². The van der Waals surface area contributed by atoms with Gasteiger partial charge in [-0.3, -0.25) is 4.79 Å². The molecule has 1 aliphatic rings. The summed E-state index contributed by atoms with van der Waals surface area (Å²) in [5, 5.41) is 2.96. The first kappa shape index (κ1) is 13.5. The van der Waals surface area contributed by atoms with E-state index in [1.54, 1.807) is 0 Å². The zero-order valence-corrected chi connectivity index (χ0v) is 10.7. The molecule has 4 nitrogen and oxygen atoms in total. The van der Waals surface area contributed by atoms with Gasteiger partial charge in [-0.25, -0.2) is 0 Å². The van der Waals surface area contributed by atoms with Crippen molar-refractivity contribution >= 4 is 5.91 Å². The van der Waals surface area contributed by atoms with Crippen molar-refractivity contribution in [2.75, 3.05) is 26.7 Å². The van der Waals surface area contributed by atoms with E-state index in [2.05, 4.69) is 17.3 Å².